The van der Waals surface area contributed by atoms with Gasteiger partial charge in [-0.15, -0.1) is 0 Å². The molecule has 2 rings (SSSR count). The van der Waals surface area contributed by atoms with E-state index in [0.29, 0.717) is 5.02 Å². The van der Waals surface area contributed by atoms with Crippen LogP contribution in [0, 0.1) is 0 Å². The predicted molar refractivity (Wildman–Crippen MR) is 73.3 cm³/mol. The van der Waals surface area contributed by atoms with Crippen molar-refractivity contribution in [1.29, 1.82) is 0 Å². The highest BCUT2D eigenvalue weighted by atomic mass is 35.5. The first-order chi connectivity index (χ1) is 8.76. The smallest absolute Gasteiger partial charge is 0.123 e. The lowest BCUT2D eigenvalue weighted by molar-refractivity contribution is 0.182. The van der Waals surface area contributed by atoms with Gasteiger partial charge in [0.05, 0.1) is 7.11 Å². The zero-order chi connectivity index (χ0) is 13.0. The van der Waals surface area contributed by atoms with Crippen LogP contribution in [-0.2, 0) is 0 Å². The minimum atomic E-state index is 0.177. The first-order valence-corrected chi connectivity index (χ1v) is 6.82. The number of ether oxygens (including phenoxy) is 1. The van der Waals surface area contributed by atoms with Crippen molar-refractivity contribution in [1.82, 2.24) is 4.90 Å². The summed E-state index contributed by atoms with van der Waals surface area (Å²) in [5, 5.41) is 10.0. The first-order valence-electron chi connectivity index (χ1n) is 6.44. The van der Waals surface area contributed by atoms with Crippen molar-refractivity contribution in [2.24, 2.45) is 0 Å². The van der Waals surface area contributed by atoms with E-state index >= 15 is 0 Å². The minimum Gasteiger partial charge on any atom is -0.496 e. The van der Waals surface area contributed by atoms with Gasteiger partial charge in [0.2, 0.25) is 0 Å². The topological polar surface area (TPSA) is 32.7 Å². The predicted octanol–water partition coefficient (Wildman–Crippen LogP) is 2.87. The Kier molecular flexibility index (Phi) is 4.87. The van der Waals surface area contributed by atoms with Crippen molar-refractivity contribution in [3.05, 3.63) is 28.8 Å². The molecule has 0 saturated carbocycles. The maximum atomic E-state index is 9.29. The molecule has 0 aliphatic carbocycles. The number of rotatable bonds is 5. The molecule has 1 aromatic rings. The van der Waals surface area contributed by atoms with Gasteiger partial charge < -0.3 is 9.84 Å². The molecule has 4 heteroatoms. The van der Waals surface area contributed by atoms with E-state index in [0.717, 1.165) is 30.8 Å². The van der Waals surface area contributed by atoms with Gasteiger partial charge >= 0.3 is 0 Å². The van der Waals surface area contributed by atoms with Crippen LogP contribution >= 0.6 is 11.6 Å². The third-order valence-corrected chi connectivity index (χ3v) is 3.77. The Morgan fingerprint density at radius 3 is 2.72 bits per heavy atom. The fourth-order valence-electron chi connectivity index (χ4n) is 2.68. The maximum Gasteiger partial charge on any atom is 0.123 e. The Hall–Kier alpha value is -0.770. The molecule has 0 bridgehead atoms. The monoisotopic (exact) mass is 269 g/mol. The van der Waals surface area contributed by atoms with Crippen LogP contribution in [0.1, 0.15) is 30.9 Å². The summed E-state index contributed by atoms with van der Waals surface area (Å²) in [7, 11) is 1.67. The molecule has 1 saturated heterocycles. The number of hydrogen-bond acceptors (Lipinski definition) is 3. The number of benzene rings is 1. The van der Waals surface area contributed by atoms with Crippen molar-refractivity contribution < 1.29 is 9.84 Å². The second-order valence-corrected chi connectivity index (χ2v) is 5.09. The largest absolute Gasteiger partial charge is 0.496 e. The molecule has 0 radical (unpaired) electrons. The van der Waals surface area contributed by atoms with Crippen LogP contribution in [0.2, 0.25) is 5.02 Å². The number of aliphatic hydroxyl groups is 1. The van der Waals surface area contributed by atoms with Gasteiger partial charge in [-0.05, 0) is 50.6 Å². The second kappa shape index (κ2) is 6.41. The van der Waals surface area contributed by atoms with Gasteiger partial charge in [-0.3, -0.25) is 4.90 Å². The van der Waals surface area contributed by atoms with Crippen LogP contribution in [0.5, 0.6) is 5.75 Å². The molecule has 1 aliphatic heterocycles. The summed E-state index contributed by atoms with van der Waals surface area (Å²) >= 11 is 6.09. The molecule has 1 heterocycles. The van der Waals surface area contributed by atoms with Crippen LogP contribution in [-0.4, -0.2) is 36.8 Å². The summed E-state index contributed by atoms with van der Waals surface area (Å²) in [5.74, 6) is 0.852. The molecule has 1 fully saturated rings. The molecule has 100 valence electrons. The van der Waals surface area contributed by atoms with Crippen LogP contribution in [0.3, 0.4) is 0 Å². The summed E-state index contributed by atoms with van der Waals surface area (Å²) < 4.78 is 5.42. The van der Waals surface area contributed by atoms with Crippen molar-refractivity contribution in [3.8, 4) is 5.75 Å². The summed E-state index contributed by atoms with van der Waals surface area (Å²) in [6, 6.07) is 5.90. The third-order valence-electron chi connectivity index (χ3n) is 3.53. The van der Waals surface area contributed by atoms with Crippen molar-refractivity contribution in [2.45, 2.75) is 25.3 Å². The molecule has 18 heavy (non-hydrogen) atoms. The van der Waals surface area contributed by atoms with E-state index < -0.39 is 0 Å². The number of hydrogen-bond donors (Lipinski definition) is 1. The molecular weight excluding hydrogens is 250 g/mol. The first kappa shape index (κ1) is 13.7. The number of aliphatic hydroxyl groups excluding tert-OH is 1. The Balaban J connectivity index is 2.31. The van der Waals surface area contributed by atoms with E-state index in [4.69, 9.17) is 16.3 Å². The van der Waals surface area contributed by atoms with Crippen LogP contribution in [0.25, 0.3) is 0 Å². The SMILES string of the molecule is COc1ccc(Cl)cc1C(CCO)N1CCCC1. The number of likely N-dealkylation sites (tertiary alicyclic amines) is 1. The van der Waals surface area contributed by atoms with E-state index in [-0.39, 0.29) is 12.6 Å². The average Bonchev–Trinajstić information content (AvgIpc) is 2.89. The van der Waals surface area contributed by atoms with Crippen molar-refractivity contribution in [3.63, 3.8) is 0 Å². The zero-order valence-electron chi connectivity index (χ0n) is 10.7. The van der Waals surface area contributed by atoms with Crippen molar-refractivity contribution >= 4 is 11.6 Å². The summed E-state index contributed by atoms with van der Waals surface area (Å²) in [5.41, 5.74) is 1.08. The van der Waals surface area contributed by atoms with Crippen LogP contribution < -0.4 is 4.74 Å². The average molecular weight is 270 g/mol. The van der Waals surface area contributed by atoms with Crippen molar-refractivity contribution in [2.75, 3.05) is 26.8 Å². The number of halogens is 1. The minimum absolute atomic E-state index is 0.177. The van der Waals surface area contributed by atoms with E-state index in [1.54, 1.807) is 7.11 Å². The number of nitrogens with zero attached hydrogens (tertiary/aromatic N) is 1. The summed E-state index contributed by atoms with van der Waals surface area (Å²) in [6.45, 7) is 2.34. The lowest BCUT2D eigenvalue weighted by Gasteiger charge is -2.28. The molecule has 0 amide bonds. The van der Waals surface area contributed by atoms with Gasteiger partial charge in [0.25, 0.3) is 0 Å². The van der Waals surface area contributed by atoms with E-state index in [1.165, 1.54) is 12.8 Å². The van der Waals surface area contributed by atoms with Gasteiger partial charge in [0, 0.05) is 23.2 Å². The van der Waals surface area contributed by atoms with Gasteiger partial charge in [-0.25, -0.2) is 0 Å². The molecule has 0 aromatic heterocycles. The molecule has 3 nitrogen and oxygen atoms in total. The Labute approximate surface area is 113 Å². The normalized spacial score (nSPS) is 17.9. The van der Waals surface area contributed by atoms with Gasteiger partial charge in [-0.1, -0.05) is 11.6 Å². The lowest BCUT2D eigenvalue weighted by atomic mass is 10.0. The Bertz CT molecular complexity index is 391. The van der Waals surface area contributed by atoms with E-state index in [1.807, 2.05) is 18.2 Å². The highest BCUT2D eigenvalue weighted by Crippen LogP contribution is 2.35. The summed E-state index contributed by atoms with van der Waals surface area (Å²) in [6.07, 6.45) is 3.17. The molecule has 1 N–H and O–H groups in total. The van der Waals surface area contributed by atoms with Gasteiger partial charge in [-0.2, -0.15) is 0 Å². The molecule has 1 aromatic carbocycles. The highest BCUT2D eigenvalue weighted by Gasteiger charge is 2.25. The Morgan fingerprint density at radius 1 is 1.39 bits per heavy atom. The van der Waals surface area contributed by atoms with Gasteiger partial charge in [0.15, 0.2) is 0 Å². The quantitative estimate of drug-likeness (QED) is 0.892. The van der Waals surface area contributed by atoms with E-state index in [9.17, 15) is 5.11 Å². The zero-order valence-corrected chi connectivity index (χ0v) is 11.5. The fourth-order valence-corrected chi connectivity index (χ4v) is 2.86. The Morgan fingerprint density at radius 2 is 2.11 bits per heavy atom. The van der Waals surface area contributed by atoms with Crippen LogP contribution in [0.4, 0.5) is 0 Å². The van der Waals surface area contributed by atoms with Crippen LogP contribution in [0.15, 0.2) is 18.2 Å². The lowest BCUT2D eigenvalue weighted by Crippen LogP contribution is -2.26. The molecule has 0 spiro atoms. The number of methoxy groups -OCH3 is 1. The fraction of sp³-hybridized carbons (Fsp3) is 0.571. The van der Waals surface area contributed by atoms with Gasteiger partial charge in [0.1, 0.15) is 5.75 Å². The highest BCUT2D eigenvalue weighted by molar-refractivity contribution is 6.30. The summed E-state index contributed by atoms with van der Waals surface area (Å²) in [4.78, 5) is 2.41. The molecular formula is C14H20ClNO2. The second-order valence-electron chi connectivity index (χ2n) is 4.66. The molecule has 1 unspecified atom stereocenters. The standard InChI is InChI=1S/C14H20ClNO2/c1-18-14-5-4-11(15)10-12(14)13(6-9-17)16-7-2-3-8-16/h4-5,10,13,17H,2-3,6-9H2,1H3. The third kappa shape index (κ3) is 2.97. The molecule has 1 aliphatic rings. The molecule has 1 atom stereocenters. The van der Waals surface area contributed by atoms with E-state index in [2.05, 4.69) is 4.90 Å². The maximum absolute atomic E-state index is 9.29.